The van der Waals surface area contributed by atoms with E-state index in [4.69, 9.17) is 5.26 Å². The van der Waals surface area contributed by atoms with Gasteiger partial charge in [-0.05, 0) is 13.0 Å². The van der Waals surface area contributed by atoms with Crippen LogP contribution in [0.4, 0.5) is 0 Å². The second-order valence-electron chi connectivity index (χ2n) is 1.93. The van der Waals surface area contributed by atoms with E-state index in [1.807, 2.05) is 6.07 Å². The predicted molar refractivity (Wildman–Crippen MR) is 36.1 cm³/mol. The normalized spacial score (nSPS) is 8.80. The lowest BCUT2D eigenvalue weighted by atomic mass is 10.3. The number of rotatable bonds is 1. The maximum atomic E-state index is 8.30. The van der Waals surface area contributed by atoms with Crippen LogP contribution in [-0.4, -0.2) is 9.97 Å². The summed E-state index contributed by atoms with van der Waals surface area (Å²) in [5, 5.41) is 8.30. The molecule has 0 fully saturated rings. The van der Waals surface area contributed by atoms with Gasteiger partial charge in [0.25, 0.3) is 0 Å². The van der Waals surface area contributed by atoms with Gasteiger partial charge in [0.2, 0.25) is 0 Å². The summed E-state index contributed by atoms with van der Waals surface area (Å²) in [7, 11) is 0. The van der Waals surface area contributed by atoms with Gasteiger partial charge in [-0.3, -0.25) is 0 Å². The second-order valence-corrected chi connectivity index (χ2v) is 1.93. The first-order valence-corrected chi connectivity index (χ1v) is 2.98. The van der Waals surface area contributed by atoms with Gasteiger partial charge in [-0.25, -0.2) is 9.97 Å². The summed E-state index contributed by atoms with van der Waals surface area (Å²) in [6.45, 7) is 1.81. The molecule has 0 aliphatic heterocycles. The molecule has 3 heteroatoms. The van der Waals surface area contributed by atoms with Gasteiger partial charge in [0.15, 0.2) is 0 Å². The fourth-order valence-corrected chi connectivity index (χ4v) is 0.685. The van der Waals surface area contributed by atoms with Crippen molar-refractivity contribution in [1.29, 1.82) is 5.26 Å². The van der Waals surface area contributed by atoms with E-state index in [9.17, 15) is 0 Å². The fraction of sp³-hybridized carbons (Fsp3) is 0.286. The number of aryl methyl sites for hydroxylation is 1. The molecule has 0 amide bonds. The van der Waals surface area contributed by atoms with Crippen molar-refractivity contribution < 1.29 is 0 Å². The van der Waals surface area contributed by atoms with Gasteiger partial charge in [-0.2, -0.15) is 5.26 Å². The third-order valence-electron chi connectivity index (χ3n) is 1.09. The first-order chi connectivity index (χ1) is 4.83. The van der Waals surface area contributed by atoms with Crippen molar-refractivity contribution in [2.24, 2.45) is 0 Å². The standard InChI is InChI=1S/C7H7N3/c1-6-9-5-3-7(10-6)2-4-8/h3,5H,2H2,1H3. The molecule has 1 aromatic rings. The average molecular weight is 133 g/mol. The first-order valence-electron chi connectivity index (χ1n) is 2.98. The second kappa shape index (κ2) is 2.92. The van der Waals surface area contributed by atoms with Crippen molar-refractivity contribution in [3.8, 4) is 6.07 Å². The summed E-state index contributed by atoms with van der Waals surface area (Å²) in [6, 6.07) is 3.77. The Hall–Kier alpha value is -1.43. The van der Waals surface area contributed by atoms with Crippen molar-refractivity contribution >= 4 is 0 Å². The van der Waals surface area contributed by atoms with Gasteiger partial charge < -0.3 is 0 Å². The number of hydrogen-bond acceptors (Lipinski definition) is 3. The lowest BCUT2D eigenvalue weighted by molar-refractivity contribution is 0.983. The topological polar surface area (TPSA) is 49.6 Å². The SMILES string of the molecule is Cc1nccc(CC#N)n1. The van der Waals surface area contributed by atoms with E-state index < -0.39 is 0 Å². The van der Waals surface area contributed by atoms with E-state index in [1.165, 1.54) is 0 Å². The Morgan fingerprint density at radius 1 is 1.70 bits per heavy atom. The van der Waals surface area contributed by atoms with E-state index >= 15 is 0 Å². The maximum absolute atomic E-state index is 8.30. The fourth-order valence-electron chi connectivity index (χ4n) is 0.685. The molecular formula is C7H7N3. The minimum Gasteiger partial charge on any atom is -0.242 e. The first kappa shape index (κ1) is 6.69. The Labute approximate surface area is 59.4 Å². The van der Waals surface area contributed by atoms with Crippen LogP contribution >= 0.6 is 0 Å². The van der Waals surface area contributed by atoms with Gasteiger partial charge in [0.1, 0.15) is 5.82 Å². The number of nitriles is 1. The molecule has 0 aliphatic rings. The molecule has 0 bridgehead atoms. The molecule has 3 nitrogen and oxygen atoms in total. The Morgan fingerprint density at radius 2 is 2.50 bits per heavy atom. The van der Waals surface area contributed by atoms with Crippen LogP contribution in [0.5, 0.6) is 0 Å². The van der Waals surface area contributed by atoms with Crippen LogP contribution in [0.2, 0.25) is 0 Å². The third kappa shape index (κ3) is 1.52. The van der Waals surface area contributed by atoms with E-state index in [0.717, 1.165) is 5.69 Å². The van der Waals surface area contributed by atoms with Crippen LogP contribution < -0.4 is 0 Å². The van der Waals surface area contributed by atoms with Crippen LogP contribution in [0.15, 0.2) is 12.3 Å². The van der Waals surface area contributed by atoms with Crippen molar-refractivity contribution in [2.45, 2.75) is 13.3 Å². The molecule has 10 heavy (non-hydrogen) atoms. The van der Waals surface area contributed by atoms with Crippen LogP contribution in [0, 0.1) is 18.3 Å². The zero-order valence-corrected chi connectivity index (χ0v) is 5.70. The lowest BCUT2D eigenvalue weighted by Gasteiger charge is -1.92. The minimum absolute atomic E-state index is 0.364. The largest absolute Gasteiger partial charge is 0.242 e. The Bertz CT molecular complexity index is 262. The molecule has 0 saturated carbocycles. The van der Waals surface area contributed by atoms with E-state index in [2.05, 4.69) is 9.97 Å². The van der Waals surface area contributed by atoms with Crippen LogP contribution in [-0.2, 0) is 6.42 Å². The molecule has 1 aromatic heterocycles. The predicted octanol–water partition coefficient (Wildman–Crippen LogP) is 0.851. The van der Waals surface area contributed by atoms with Crippen LogP contribution in [0.3, 0.4) is 0 Å². The molecule has 0 unspecified atom stereocenters. The Kier molecular flexibility index (Phi) is 1.96. The van der Waals surface area contributed by atoms with Gasteiger partial charge in [0.05, 0.1) is 18.2 Å². The summed E-state index contributed by atoms with van der Waals surface area (Å²) < 4.78 is 0. The molecular weight excluding hydrogens is 126 g/mol. The highest BCUT2D eigenvalue weighted by Gasteiger charge is 1.91. The molecule has 1 rings (SSSR count). The molecule has 0 aromatic carbocycles. The van der Waals surface area contributed by atoms with Crippen molar-refractivity contribution in [3.63, 3.8) is 0 Å². The molecule has 0 N–H and O–H groups in total. The Balaban J connectivity index is 2.87. The highest BCUT2D eigenvalue weighted by Crippen LogP contribution is 1.93. The van der Waals surface area contributed by atoms with Crippen molar-refractivity contribution in [3.05, 3.63) is 23.8 Å². The Morgan fingerprint density at radius 3 is 3.10 bits per heavy atom. The molecule has 0 radical (unpaired) electrons. The van der Waals surface area contributed by atoms with Gasteiger partial charge in [0, 0.05) is 6.20 Å². The quantitative estimate of drug-likeness (QED) is 0.570. The average Bonchev–Trinajstić information content (AvgIpc) is 1.88. The summed E-state index contributed by atoms with van der Waals surface area (Å²) in [5.41, 5.74) is 0.787. The van der Waals surface area contributed by atoms with Crippen LogP contribution in [0.25, 0.3) is 0 Å². The molecule has 1 heterocycles. The van der Waals surface area contributed by atoms with E-state index in [0.29, 0.717) is 12.2 Å². The lowest BCUT2D eigenvalue weighted by Crippen LogP contribution is -1.92. The van der Waals surface area contributed by atoms with E-state index in [1.54, 1.807) is 19.2 Å². The molecule has 0 spiro atoms. The monoisotopic (exact) mass is 133 g/mol. The maximum Gasteiger partial charge on any atom is 0.125 e. The number of nitrogens with zero attached hydrogens (tertiary/aromatic N) is 3. The highest BCUT2D eigenvalue weighted by molar-refractivity contribution is 5.06. The van der Waals surface area contributed by atoms with Crippen molar-refractivity contribution in [2.75, 3.05) is 0 Å². The number of aromatic nitrogens is 2. The zero-order chi connectivity index (χ0) is 7.40. The highest BCUT2D eigenvalue weighted by atomic mass is 14.9. The summed E-state index contributed by atoms with van der Waals surface area (Å²) in [4.78, 5) is 7.93. The minimum atomic E-state index is 0.364. The van der Waals surface area contributed by atoms with Gasteiger partial charge in [-0.1, -0.05) is 0 Å². The summed E-state index contributed by atoms with van der Waals surface area (Å²) >= 11 is 0. The third-order valence-corrected chi connectivity index (χ3v) is 1.09. The van der Waals surface area contributed by atoms with Gasteiger partial charge in [-0.15, -0.1) is 0 Å². The summed E-state index contributed by atoms with van der Waals surface area (Å²) in [5.74, 6) is 0.716. The van der Waals surface area contributed by atoms with E-state index in [-0.39, 0.29) is 0 Å². The molecule has 0 saturated heterocycles. The molecule has 50 valence electrons. The number of hydrogen-bond donors (Lipinski definition) is 0. The van der Waals surface area contributed by atoms with Crippen molar-refractivity contribution in [1.82, 2.24) is 9.97 Å². The van der Waals surface area contributed by atoms with Crippen LogP contribution in [0.1, 0.15) is 11.5 Å². The molecule has 0 aliphatic carbocycles. The van der Waals surface area contributed by atoms with Gasteiger partial charge >= 0.3 is 0 Å². The smallest absolute Gasteiger partial charge is 0.125 e. The molecule has 0 atom stereocenters. The summed E-state index contributed by atoms with van der Waals surface area (Å²) in [6.07, 6.45) is 2.03. The zero-order valence-electron chi connectivity index (χ0n) is 5.70.